The average Bonchev–Trinajstić information content (AvgIpc) is 2.34. The highest BCUT2D eigenvalue weighted by atomic mass is 79.9. The molecule has 1 rings (SSSR count). The van der Waals surface area contributed by atoms with Crippen LogP contribution in [0.3, 0.4) is 0 Å². The van der Waals surface area contributed by atoms with E-state index in [1.54, 1.807) is 0 Å². The van der Waals surface area contributed by atoms with Crippen molar-refractivity contribution in [2.75, 3.05) is 5.33 Å². The maximum Gasteiger partial charge on any atom is 0.417 e. The molecule has 0 heterocycles. The van der Waals surface area contributed by atoms with Crippen LogP contribution in [-0.4, -0.2) is 16.0 Å². The minimum atomic E-state index is -4.97. The number of hydrogen-bond donors (Lipinski definition) is 0. The number of alkyl halides is 4. The monoisotopic (exact) mass is 336 g/mol. The third-order valence-corrected chi connectivity index (χ3v) is 2.67. The molecule has 9 heteroatoms. The molecule has 0 aromatic heterocycles. The fraction of sp³-hybridized carbons (Fsp3) is 0.200. The van der Waals surface area contributed by atoms with Crippen LogP contribution in [0.1, 0.15) is 21.5 Å². The second kappa shape index (κ2) is 5.36. The molecular formula is C10H4BrF3N2O3. The Morgan fingerprint density at radius 2 is 2.05 bits per heavy atom. The normalized spacial score (nSPS) is 10.9. The van der Waals surface area contributed by atoms with Gasteiger partial charge in [-0.25, -0.2) is 0 Å². The molecular weight excluding hydrogens is 333 g/mol. The van der Waals surface area contributed by atoms with E-state index in [0.717, 1.165) is 0 Å². The van der Waals surface area contributed by atoms with Crippen molar-refractivity contribution >= 4 is 27.4 Å². The van der Waals surface area contributed by atoms with E-state index in [1.165, 1.54) is 6.07 Å². The Bertz CT molecular complexity index is 593. The third kappa shape index (κ3) is 3.08. The van der Waals surface area contributed by atoms with Crippen molar-refractivity contribution in [1.29, 1.82) is 5.26 Å². The average molecular weight is 337 g/mol. The molecule has 1 aromatic carbocycles. The van der Waals surface area contributed by atoms with Gasteiger partial charge in [-0.05, 0) is 0 Å². The molecule has 0 saturated carbocycles. The molecule has 100 valence electrons. The van der Waals surface area contributed by atoms with Crippen molar-refractivity contribution < 1.29 is 22.9 Å². The molecule has 0 amide bonds. The van der Waals surface area contributed by atoms with Gasteiger partial charge in [0, 0.05) is 17.7 Å². The van der Waals surface area contributed by atoms with Gasteiger partial charge in [-0.15, -0.1) is 0 Å². The van der Waals surface area contributed by atoms with Crippen molar-refractivity contribution in [1.82, 2.24) is 0 Å². The Hall–Kier alpha value is -1.95. The largest absolute Gasteiger partial charge is 0.417 e. The van der Waals surface area contributed by atoms with Crippen LogP contribution in [0.4, 0.5) is 18.9 Å². The van der Waals surface area contributed by atoms with Gasteiger partial charge >= 0.3 is 6.18 Å². The lowest BCUT2D eigenvalue weighted by atomic mass is 9.97. The van der Waals surface area contributed by atoms with E-state index in [9.17, 15) is 28.1 Å². The van der Waals surface area contributed by atoms with Crippen LogP contribution >= 0.6 is 15.9 Å². The highest BCUT2D eigenvalue weighted by Gasteiger charge is 2.38. The van der Waals surface area contributed by atoms with Crippen LogP contribution in [0.15, 0.2) is 12.1 Å². The van der Waals surface area contributed by atoms with E-state index < -0.39 is 44.6 Å². The van der Waals surface area contributed by atoms with E-state index >= 15 is 0 Å². The number of rotatable bonds is 3. The zero-order chi connectivity index (χ0) is 14.8. The minimum absolute atomic E-state index is 0.247. The van der Waals surface area contributed by atoms with E-state index in [-0.39, 0.29) is 6.07 Å². The zero-order valence-corrected chi connectivity index (χ0v) is 10.6. The first kappa shape index (κ1) is 15.1. The Balaban J connectivity index is 3.74. The van der Waals surface area contributed by atoms with Crippen LogP contribution in [-0.2, 0) is 6.18 Å². The van der Waals surface area contributed by atoms with Crippen molar-refractivity contribution in [2.24, 2.45) is 0 Å². The first-order valence-electron chi connectivity index (χ1n) is 4.61. The summed E-state index contributed by atoms with van der Waals surface area (Å²) in [5.41, 5.74) is -3.92. The molecule has 0 fully saturated rings. The molecule has 19 heavy (non-hydrogen) atoms. The van der Waals surface area contributed by atoms with Gasteiger partial charge in [0.05, 0.1) is 21.4 Å². The number of nitro benzene ring substituents is 1. The number of nitro groups is 1. The molecule has 0 bridgehead atoms. The third-order valence-electron chi connectivity index (χ3n) is 2.16. The molecule has 0 aliphatic heterocycles. The maximum absolute atomic E-state index is 12.8. The molecule has 0 saturated heterocycles. The summed E-state index contributed by atoms with van der Waals surface area (Å²) >= 11 is 2.70. The first-order chi connectivity index (χ1) is 8.72. The summed E-state index contributed by atoms with van der Waals surface area (Å²) in [6, 6.07) is 2.26. The lowest BCUT2D eigenvalue weighted by Crippen LogP contribution is -2.16. The van der Waals surface area contributed by atoms with Gasteiger partial charge in [0.2, 0.25) is 0 Å². The lowest BCUT2D eigenvalue weighted by Gasteiger charge is -2.12. The van der Waals surface area contributed by atoms with E-state index in [0.29, 0.717) is 6.07 Å². The fourth-order valence-corrected chi connectivity index (χ4v) is 1.69. The number of carbonyl (C=O) groups is 1. The van der Waals surface area contributed by atoms with Gasteiger partial charge in [-0.1, -0.05) is 15.9 Å². The Kier molecular flexibility index (Phi) is 4.26. The molecule has 0 radical (unpaired) electrons. The predicted octanol–water partition coefficient (Wildman–Crippen LogP) is 3.06. The standard InChI is InChI=1S/C10H4BrF3N2O3/c11-3-8(17)9-5(4-15)1-6(16(18)19)2-7(9)10(12,13)14/h1-2H,3H2. The highest BCUT2D eigenvalue weighted by Crippen LogP contribution is 2.36. The number of carbonyl (C=O) groups excluding carboxylic acids is 1. The summed E-state index contributed by atoms with van der Waals surface area (Å²) in [6.45, 7) is 0. The number of Topliss-reactive ketones (excluding diaryl/α,β-unsaturated/α-hetero) is 1. The SMILES string of the molecule is N#Cc1cc([N+](=O)[O-])cc(C(F)(F)F)c1C(=O)CBr. The van der Waals surface area contributed by atoms with Crippen molar-refractivity contribution in [3.63, 3.8) is 0 Å². The quantitative estimate of drug-likeness (QED) is 0.367. The van der Waals surface area contributed by atoms with Crippen LogP contribution in [0.2, 0.25) is 0 Å². The van der Waals surface area contributed by atoms with Gasteiger partial charge < -0.3 is 0 Å². The summed E-state index contributed by atoms with van der Waals surface area (Å²) in [7, 11) is 0. The van der Waals surface area contributed by atoms with E-state index in [4.69, 9.17) is 5.26 Å². The Morgan fingerprint density at radius 1 is 1.47 bits per heavy atom. The number of ketones is 1. The fourth-order valence-electron chi connectivity index (χ4n) is 1.41. The molecule has 0 unspecified atom stereocenters. The summed E-state index contributed by atoms with van der Waals surface area (Å²) in [4.78, 5) is 21.0. The van der Waals surface area contributed by atoms with Gasteiger partial charge in [-0.3, -0.25) is 14.9 Å². The molecule has 0 spiro atoms. The van der Waals surface area contributed by atoms with Crippen molar-refractivity contribution in [3.8, 4) is 6.07 Å². The number of nitrogens with zero attached hydrogens (tertiary/aromatic N) is 2. The minimum Gasteiger partial charge on any atom is -0.293 e. The molecule has 0 aliphatic rings. The molecule has 1 aromatic rings. The van der Waals surface area contributed by atoms with Crippen LogP contribution in [0.5, 0.6) is 0 Å². The summed E-state index contributed by atoms with van der Waals surface area (Å²) in [5.74, 6) is -0.973. The molecule has 0 N–H and O–H groups in total. The summed E-state index contributed by atoms with van der Waals surface area (Å²) in [6.07, 6.45) is -4.97. The van der Waals surface area contributed by atoms with E-state index in [1.807, 2.05) is 0 Å². The molecule has 0 atom stereocenters. The lowest BCUT2D eigenvalue weighted by molar-refractivity contribution is -0.385. The Labute approximate surface area is 112 Å². The summed E-state index contributed by atoms with van der Waals surface area (Å²) in [5, 5.41) is 18.9. The van der Waals surface area contributed by atoms with Gasteiger partial charge in [0.25, 0.3) is 5.69 Å². The predicted molar refractivity (Wildman–Crippen MR) is 60.9 cm³/mol. The zero-order valence-electron chi connectivity index (χ0n) is 8.99. The van der Waals surface area contributed by atoms with Crippen LogP contribution in [0.25, 0.3) is 0 Å². The van der Waals surface area contributed by atoms with Crippen LogP contribution < -0.4 is 0 Å². The van der Waals surface area contributed by atoms with Gasteiger partial charge in [0.15, 0.2) is 5.78 Å². The summed E-state index contributed by atoms with van der Waals surface area (Å²) < 4.78 is 38.4. The number of halogens is 4. The second-order valence-electron chi connectivity index (χ2n) is 3.34. The first-order valence-corrected chi connectivity index (χ1v) is 5.73. The topological polar surface area (TPSA) is 84.0 Å². The van der Waals surface area contributed by atoms with Crippen molar-refractivity contribution in [2.45, 2.75) is 6.18 Å². The van der Waals surface area contributed by atoms with Gasteiger partial charge in [0.1, 0.15) is 6.07 Å². The Morgan fingerprint density at radius 3 is 2.42 bits per heavy atom. The van der Waals surface area contributed by atoms with E-state index in [2.05, 4.69) is 15.9 Å². The van der Waals surface area contributed by atoms with Crippen molar-refractivity contribution in [3.05, 3.63) is 38.9 Å². The second-order valence-corrected chi connectivity index (χ2v) is 3.90. The smallest absolute Gasteiger partial charge is 0.293 e. The number of non-ortho nitro benzene ring substituents is 1. The highest BCUT2D eigenvalue weighted by molar-refractivity contribution is 9.09. The maximum atomic E-state index is 12.8. The van der Waals surface area contributed by atoms with Crippen LogP contribution in [0, 0.1) is 21.4 Å². The number of benzene rings is 1. The number of hydrogen-bond acceptors (Lipinski definition) is 4. The molecule has 5 nitrogen and oxygen atoms in total. The molecule has 0 aliphatic carbocycles. The number of nitriles is 1. The van der Waals surface area contributed by atoms with Gasteiger partial charge in [-0.2, -0.15) is 18.4 Å².